The van der Waals surface area contributed by atoms with Crippen LogP contribution < -0.4 is 0 Å². The molecule has 1 fully saturated rings. The molecular formula is C19H27N3O2. The van der Waals surface area contributed by atoms with Crippen molar-refractivity contribution < 1.29 is 9.53 Å². The number of carbonyl (C=O) groups excluding carboxylic acids is 1. The Bertz CT molecular complexity index is 608. The minimum atomic E-state index is -0.465. The van der Waals surface area contributed by atoms with Crippen molar-refractivity contribution in [1.29, 1.82) is 5.26 Å². The summed E-state index contributed by atoms with van der Waals surface area (Å²) < 4.78 is 5.44. The fraction of sp³-hybridized carbons (Fsp3) is 0.579. The largest absolute Gasteiger partial charge is 0.444 e. The Labute approximate surface area is 144 Å². The van der Waals surface area contributed by atoms with Crippen LogP contribution in [0.5, 0.6) is 0 Å². The lowest BCUT2D eigenvalue weighted by Gasteiger charge is -2.37. The molecule has 0 saturated carbocycles. The summed E-state index contributed by atoms with van der Waals surface area (Å²) in [4.78, 5) is 16.2. The molecule has 1 aliphatic heterocycles. The number of benzene rings is 1. The Hall–Kier alpha value is -2.06. The fourth-order valence-electron chi connectivity index (χ4n) is 2.96. The van der Waals surface area contributed by atoms with E-state index in [1.54, 1.807) is 4.90 Å². The Morgan fingerprint density at radius 1 is 1.33 bits per heavy atom. The van der Waals surface area contributed by atoms with E-state index >= 15 is 0 Å². The predicted molar refractivity (Wildman–Crippen MR) is 93.5 cm³/mol. The van der Waals surface area contributed by atoms with E-state index in [2.05, 4.69) is 11.0 Å². The molecule has 0 radical (unpaired) electrons. The summed E-state index contributed by atoms with van der Waals surface area (Å²) in [5, 5.41) is 9.19. The van der Waals surface area contributed by atoms with Gasteiger partial charge in [-0.25, -0.2) is 4.79 Å². The third-order valence-corrected chi connectivity index (χ3v) is 4.32. The number of hydrogen-bond donors (Lipinski definition) is 0. The van der Waals surface area contributed by atoms with E-state index in [0.29, 0.717) is 0 Å². The summed E-state index contributed by atoms with van der Waals surface area (Å²) in [5.74, 6) is 0. The van der Waals surface area contributed by atoms with Crippen LogP contribution in [0.15, 0.2) is 24.3 Å². The first-order valence-corrected chi connectivity index (χ1v) is 8.46. The maximum absolute atomic E-state index is 12.2. The highest BCUT2D eigenvalue weighted by Crippen LogP contribution is 2.20. The first-order chi connectivity index (χ1) is 11.3. The molecule has 2 rings (SSSR count). The topological polar surface area (TPSA) is 56.6 Å². The van der Waals surface area contributed by atoms with Crippen molar-refractivity contribution in [1.82, 2.24) is 9.80 Å². The summed E-state index contributed by atoms with van der Waals surface area (Å²) in [7, 11) is 1.82. The van der Waals surface area contributed by atoms with Gasteiger partial charge in [0.05, 0.1) is 11.6 Å². The molecule has 0 aromatic heterocycles. The van der Waals surface area contributed by atoms with Crippen LogP contribution in [-0.4, -0.2) is 47.7 Å². The van der Waals surface area contributed by atoms with Crippen molar-refractivity contribution in [3.63, 3.8) is 0 Å². The third kappa shape index (κ3) is 4.97. The van der Waals surface area contributed by atoms with Crippen LogP contribution in [0.25, 0.3) is 0 Å². The van der Waals surface area contributed by atoms with E-state index < -0.39 is 5.60 Å². The molecule has 1 amide bonds. The predicted octanol–water partition coefficient (Wildman–Crippen LogP) is 3.39. The summed E-state index contributed by atoms with van der Waals surface area (Å²) in [6.07, 6.45) is 1.59. The van der Waals surface area contributed by atoms with Crippen molar-refractivity contribution in [2.45, 2.75) is 51.8 Å². The Kier molecular flexibility index (Phi) is 5.84. The van der Waals surface area contributed by atoms with Crippen molar-refractivity contribution in [3.8, 4) is 6.07 Å². The molecule has 0 bridgehead atoms. The van der Waals surface area contributed by atoms with E-state index in [4.69, 9.17) is 4.74 Å². The first-order valence-electron chi connectivity index (χ1n) is 8.46. The molecular weight excluding hydrogens is 302 g/mol. The number of amides is 1. The van der Waals surface area contributed by atoms with Crippen molar-refractivity contribution in [3.05, 3.63) is 35.4 Å². The molecule has 1 aliphatic rings. The molecule has 0 atom stereocenters. The van der Waals surface area contributed by atoms with Gasteiger partial charge in [-0.1, -0.05) is 18.2 Å². The zero-order chi connectivity index (χ0) is 17.7. The number of ether oxygens (including phenoxy) is 1. The van der Waals surface area contributed by atoms with E-state index in [1.165, 1.54) is 0 Å². The molecule has 130 valence electrons. The van der Waals surface area contributed by atoms with Crippen LogP contribution in [0, 0.1) is 11.3 Å². The van der Waals surface area contributed by atoms with Gasteiger partial charge < -0.3 is 9.64 Å². The van der Waals surface area contributed by atoms with Gasteiger partial charge in [-0.05, 0) is 45.2 Å². The summed E-state index contributed by atoms with van der Waals surface area (Å²) in [5.41, 5.74) is 1.34. The number of carbonyl (C=O) groups is 1. The van der Waals surface area contributed by atoms with Crippen molar-refractivity contribution >= 4 is 6.09 Å². The maximum Gasteiger partial charge on any atom is 0.410 e. The van der Waals surface area contributed by atoms with Crippen molar-refractivity contribution in [2.24, 2.45) is 0 Å². The van der Waals surface area contributed by atoms with Crippen LogP contribution in [0.4, 0.5) is 4.79 Å². The molecule has 1 aromatic rings. The maximum atomic E-state index is 12.2. The lowest BCUT2D eigenvalue weighted by atomic mass is 10.0. The minimum absolute atomic E-state index is 0.210. The Morgan fingerprint density at radius 2 is 1.96 bits per heavy atom. The molecule has 0 N–H and O–H groups in total. The number of piperidine rings is 1. The van der Waals surface area contributed by atoms with E-state index in [1.807, 2.05) is 52.1 Å². The molecule has 0 unspecified atom stereocenters. The highest BCUT2D eigenvalue weighted by atomic mass is 16.6. The molecule has 1 aromatic carbocycles. The molecule has 5 nitrogen and oxygen atoms in total. The van der Waals surface area contributed by atoms with E-state index in [-0.39, 0.29) is 12.1 Å². The molecule has 1 heterocycles. The third-order valence-electron chi connectivity index (χ3n) is 4.32. The number of nitrogens with zero attached hydrogens (tertiary/aromatic N) is 3. The smallest absolute Gasteiger partial charge is 0.410 e. The minimum Gasteiger partial charge on any atom is -0.444 e. The van der Waals surface area contributed by atoms with Gasteiger partial charge in [-0.3, -0.25) is 4.90 Å². The highest BCUT2D eigenvalue weighted by Gasteiger charge is 2.28. The molecule has 0 spiro atoms. The number of likely N-dealkylation sites (tertiary alicyclic amines) is 1. The summed E-state index contributed by atoms with van der Waals surface area (Å²) >= 11 is 0. The SMILES string of the molecule is CN(C(=O)OC(C)(C)C)C1CCN(Cc2ccccc2C#N)CC1. The number of hydrogen-bond acceptors (Lipinski definition) is 4. The number of rotatable bonds is 3. The van der Waals surface area contributed by atoms with E-state index in [9.17, 15) is 10.1 Å². The summed E-state index contributed by atoms with van der Waals surface area (Å²) in [6.45, 7) is 8.26. The monoisotopic (exact) mass is 329 g/mol. The molecule has 5 heteroatoms. The second-order valence-electron chi connectivity index (χ2n) is 7.37. The van der Waals surface area contributed by atoms with Gasteiger partial charge in [0, 0.05) is 32.7 Å². The van der Waals surface area contributed by atoms with E-state index in [0.717, 1.165) is 43.6 Å². The zero-order valence-corrected chi connectivity index (χ0v) is 15.1. The van der Waals surface area contributed by atoms with Gasteiger partial charge in [0.25, 0.3) is 0 Å². The zero-order valence-electron chi connectivity index (χ0n) is 15.1. The number of nitriles is 1. The van der Waals surface area contributed by atoms with Gasteiger partial charge in [0.15, 0.2) is 0 Å². The second-order valence-corrected chi connectivity index (χ2v) is 7.37. The normalized spacial score (nSPS) is 16.5. The standard InChI is InChI=1S/C19H27N3O2/c1-19(2,3)24-18(23)21(4)17-9-11-22(12-10-17)14-16-8-6-5-7-15(16)13-20/h5-8,17H,9-12,14H2,1-4H3. The second kappa shape index (κ2) is 7.67. The van der Waals surface area contributed by atoms with Crippen LogP contribution in [0.3, 0.4) is 0 Å². The van der Waals surface area contributed by atoms with Crippen LogP contribution in [-0.2, 0) is 11.3 Å². The van der Waals surface area contributed by atoms with Gasteiger partial charge in [-0.15, -0.1) is 0 Å². The van der Waals surface area contributed by atoms with Crippen LogP contribution >= 0.6 is 0 Å². The molecule has 0 aliphatic carbocycles. The average Bonchev–Trinajstić information content (AvgIpc) is 2.54. The Balaban J connectivity index is 1.87. The van der Waals surface area contributed by atoms with Crippen LogP contribution in [0.2, 0.25) is 0 Å². The molecule has 24 heavy (non-hydrogen) atoms. The van der Waals surface area contributed by atoms with Gasteiger partial charge in [-0.2, -0.15) is 5.26 Å². The van der Waals surface area contributed by atoms with Gasteiger partial charge >= 0.3 is 6.09 Å². The average molecular weight is 329 g/mol. The van der Waals surface area contributed by atoms with Crippen LogP contribution in [0.1, 0.15) is 44.7 Å². The Morgan fingerprint density at radius 3 is 2.54 bits per heavy atom. The van der Waals surface area contributed by atoms with Gasteiger partial charge in [0.1, 0.15) is 5.60 Å². The highest BCUT2D eigenvalue weighted by molar-refractivity contribution is 5.68. The lowest BCUT2D eigenvalue weighted by Crippen LogP contribution is -2.46. The quantitative estimate of drug-likeness (QED) is 0.853. The molecule has 1 saturated heterocycles. The van der Waals surface area contributed by atoms with Crippen molar-refractivity contribution in [2.75, 3.05) is 20.1 Å². The first kappa shape index (κ1) is 18.3. The van der Waals surface area contributed by atoms with Gasteiger partial charge in [0.2, 0.25) is 0 Å². The lowest BCUT2D eigenvalue weighted by molar-refractivity contribution is 0.0149. The summed E-state index contributed by atoms with van der Waals surface area (Å²) in [6, 6.07) is 10.2. The fourth-order valence-corrected chi connectivity index (χ4v) is 2.96.